The summed E-state index contributed by atoms with van der Waals surface area (Å²) >= 11 is 0. The number of aromatic nitrogens is 4. The van der Waals surface area contributed by atoms with E-state index < -0.39 is 0 Å². The molecule has 1 N–H and O–H groups in total. The van der Waals surface area contributed by atoms with E-state index in [0.717, 1.165) is 36.9 Å². The van der Waals surface area contributed by atoms with E-state index in [1.54, 1.807) is 6.20 Å². The molecule has 0 bridgehead atoms. The average Bonchev–Trinajstić information content (AvgIpc) is 3.01. The summed E-state index contributed by atoms with van der Waals surface area (Å²) in [6, 6.07) is 0. The van der Waals surface area contributed by atoms with Crippen molar-refractivity contribution < 1.29 is 4.74 Å². The monoisotopic (exact) mass is 247 g/mol. The van der Waals surface area contributed by atoms with Crippen molar-refractivity contribution in [1.82, 2.24) is 19.6 Å². The normalized spacial score (nSPS) is 19.5. The Morgan fingerprint density at radius 2 is 2.44 bits per heavy atom. The Morgan fingerprint density at radius 3 is 3.28 bits per heavy atom. The lowest BCUT2D eigenvalue weighted by Gasteiger charge is -2.10. The minimum atomic E-state index is 0.400. The maximum atomic E-state index is 5.59. The van der Waals surface area contributed by atoms with Crippen LogP contribution >= 0.6 is 0 Å². The SMILES string of the molecule is Cc1nnc2c(NCCC3CCCO3)nccn12. The van der Waals surface area contributed by atoms with E-state index in [-0.39, 0.29) is 0 Å². The van der Waals surface area contributed by atoms with E-state index in [0.29, 0.717) is 6.10 Å². The van der Waals surface area contributed by atoms with Gasteiger partial charge in [0.1, 0.15) is 5.82 Å². The third-order valence-electron chi connectivity index (χ3n) is 3.28. The Balaban J connectivity index is 1.66. The van der Waals surface area contributed by atoms with E-state index >= 15 is 0 Å². The number of nitrogens with one attached hydrogen (secondary N) is 1. The third kappa shape index (κ3) is 2.15. The van der Waals surface area contributed by atoms with Crippen LogP contribution in [0.2, 0.25) is 0 Å². The third-order valence-corrected chi connectivity index (χ3v) is 3.28. The van der Waals surface area contributed by atoms with Crippen LogP contribution in [0.1, 0.15) is 25.1 Å². The molecule has 96 valence electrons. The Morgan fingerprint density at radius 1 is 1.50 bits per heavy atom. The lowest BCUT2D eigenvalue weighted by Crippen LogP contribution is -2.13. The first kappa shape index (κ1) is 11.4. The molecule has 1 saturated heterocycles. The van der Waals surface area contributed by atoms with Crippen molar-refractivity contribution in [3.63, 3.8) is 0 Å². The fourth-order valence-electron chi connectivity index (χ4n) is 2.29. The predicted octanol–water partition coefficient (Wildman–Crippen LogP) is 1.41. The highest BCUT2D eigenvalue weighted by molar-refractivity contribution is 5.61. The van der Waals surface area contributed by atoms with Crippen LogP contribution < -0.4 is 5.32 Å². The molecule has 2 aromatic rings. The van der Waals surface area contributed by atoms with Gasteiger partial charge >= 0.3 is 0 Å². The van der Waals surface area contributed by atoms with Crippen LogP contribution in [-0.2, 0) is 4.74 Å². The van der Waals surface area contributed by atoms with Crippen molar-refractivity contribution in [3.05, 3.63) is 18.2 Å². The van der Waals surface area contributed by atoms with Gasteiger partial charge in [-0.1, -0.05) is 0 Å². The molecule has 1 fully saturated rings. The van der Waals surface area contributed by atoms with Gasteiger partial charge in [-0.25, -0.2) is 4.98 Å². The average molecular weight is 247 g/mol. The summed E-state index contributed by atoms with van der Waals surface area (Å²) in [6.45, 7) is 3.68. The molecule has 0 amide bonds. The van der Waals surface area contributed by atoms with Crippen LogP contribution in [0.5, 0.6) is 0 Å². The zero-order chi connectivity index (χ0) is 12.4. The largest absolute Gasteiger partial charge is 0.378 e. The van der Waals surface area contributed by atoms with E-state index in [9.17, 15) is 0 Å². The number of anilines is 1. The van der Waals surface area contributed by atoms with Crippen molar-refractivity contribution >= 4 is 11.5 Å². The molecule has 3 heterocycles. The number of ether oxygens (including phenoxy) is 1. The second kappa shape index (κ2) is 4.89. The van der Waals surface area contributed by atoms with Crippen LogP contribution in [0.25, 0.3) is 5.65 Å². The van der Waals surface area contributed by atoms with Gasteiger partial charge in [0.05, 0.1) is 6.10 Å². The molecule has 1 unspecified atom stereocenters. The molecule has 0 radical (unpaired) electrons. The van der Waals surface area contributed by atoms with Crippen molar-refractivity contribution in [2.45, 2.75) is 32.3 Å². The molecule has 6 heteroatoms. The van der Waals surface area contributed by atoms with Crippen LogP contribution in [0.4, 0.5) is 5.82 Å². The molecule has 0 saturated carbocycles. The fraction of sp³-hybridized carbons (Fsp3) is 0.583. The molecule has 2 aromatic heterocycles. The second-order valence-electron chi connectivity index (χ2n) is 4.57. The maximum Gasteiger partial charge on any atom is 0.203 e. The van der Waals surface area contributed by atoms with Gasteiger partial charge < -0.3 is 10.1 Å². The predicted molar refractivity (Wildman–Crippen MR) is 67.6 cm³/mol. The van der Waals surface area contributed by atoms with Crippen molar-refractivity contribution in [2.24, 2.45) is 0 Å². The molecule has 6 nitrogen and oxygen atoms in total. The molecule has 0 aliphatic carbocycles. The van der Waals surface area contributed by atoms with Gasteiger partial charge in [0.25, 0.3) is 0 Å². The Hall–Kier alpha value is -1.69. The van der Waals surface area contributed by atoms with Crippen LogP contribution in [-0.4, -0.2) is 38.8 Å². The lowest BCUT2D eigenvalue weighted by molar-refractivity contribution is 0.107. The number of nitrogens with zero attached hydrogens (tertiary/aromatic N) is 4. The van der Waals surface area contributed by atoms with E-state index in [2.05, 4.69) is 20.5 Å². The number of aryl methyl sites for hydroxylation is 1. The van der Waals surface area contributed by atoms with Crippen LogP contribution in [0.3, 0.4) is 0 Å². The van der Waals surface area contributed by atoms with Crippen LogP contribution in [0.15, 0.2) is 12.4 Å². The molecule has 3 rings (SSSR count). The van der Waals surface area contributed by atoms with Gasteiger partial charge in [-0.3, -0.25) is 4.40 Å². The maximum absolute atomic E-state index is 5.59. The number of fused-ring (bicyclic) bond motifs is 1. The van der Waals surface area contributed by atoms with Gasteiger partial charge in [0.15, 0.2) is 5.82 Å². The summed E-state index contributed by atoms with van der Waals surface area (Å²) in [4.78, 5) is 4.31. The molecular weight excluding hydrogens is 230 g/mol. The van der Waals surface area contributed by atoms with Gasteiger partial charge in [-0.2, -0.15) is 0 Å². The molecule has 1 aliphatic rings. The minimum absolute atomic E-state index is 0.400. The van der Waals surface area contributed by atoms with E-state index in [4.69, 9.17) is 4.74 Å². The second-order valence-corrected chi connectivity index (χ2v) is 4.57. The van der Waals surface area contributed by atoms with E-state index in [1.165, 1.54) is 12.8 Å². The highest BCUT2D eigenvalue weighted by atomic mass is 16.5. The number of rotatable bonds is 4. The quantitative estimate of drug-likeness (QED) is 0.885. The van der Waals surface area contributed by atoms with Crippen molar-refractivity contribution in [2.75, 3.05) is 18.5 Å². The van der Waals surface area contributed by atoms with Gasteiger partial charge in [-0.15, -0.1) is 10.2 Å². The molecule has 1 atom stereocenters. The highest BCUT2D eigenvalue weighted by Gasteiger charge is 2.15. The zero-order valence-electron chi connectivity index (χ0n) is 10.5. The number of hydrogen-bond acceptors (Lipinski definition) is 5. The topological polar surface area (TPSA) is 64.3 Å². The van der Waals surface area contributed by atoms with Crippen LogP contribution in [0, 0.1) is 6.92 Å². The lowest BCUT2D eigenvalue weighted by atomic mass is 10.2. The minimum Gasteiger partial charge on any atom is -0.378 e. The Bertz CT molecular complexity index is 532. The molecule has 0 aromatic carbocycles. The molecule has 18 heavy (non-hydrogen) atoms. The van der Waals surface area contributed by atoms with Gasteiger partial charge in [0.2, 0.25) is 5.65 Å². The molecular formula is C12H17N5O. The Kier molecular flexibility index (Phi) is 3.10. The van der Waals surface area contributed by atoms with Crippen molar-refractivity contribution in [3.8, 4) is 0 Å². The summed E-state index contributed by atoms with van der Waals surface area (Å²) in [5.41, 5.74) is 0.780. The summed E-state index contributed by atoms with van der Waals surface area (Å²) in [5.74, 6) is 1.66. The van der Waals surface area contributed by atoms with Gasteiger partial charge in [0, 0.05) is 25.5 Å². The van der Waals surface area contributed by atoms with Crippen molar-refractivity contribution in [1.29, 1.82) is 0 Å². The number of hydrogen-bond donors (Lipinski definition) is 1. The van der Waals surface area contributed by atoms with Gasteiger partial charge in [-0.05, 0) is 26.2 Å². The summed E-state index contributed by atoms with van der Waals surface area (Å²) in [5, 5.41) is 11.5. The highest BCUT2D eigenvalue weighted by Crippen LogP contribution is 2.16. The first-order valence-corrected chi connectivity index (χ1v) is 6.36. The zero-order valence-corrected chi connectivity index (χ0v) is 10.5. The summed E-state index contributed by atoms with van der Waals surface area (Å²) < 4.78 is 7.52. The summed E-state index contributed by atoms with van der Waals surface area (Å²) in [6.07, 6.45) is 7.39. The first-order valence-electron chi connectivity index (χ1n) is 6.36. The summed E-state index contributed by atoms with van der Waals surface area (Å²) in [7, 11) is 0. The Labute approximate surface area is 105 Å². The first-order chi connectivity index (χ1) is 8.84. The standard InChI is InChI=1S/C12H17N5O/c1-9-15-16-12-11(14-6-7-17(9)12)13-5-4-10-3-2-8-18-10/h6-7,10H,2-5,8H2,1H3,(H,13,14). The molecule has 0 spiro atoms. The fourth-order valence-corrected chi connectivity index (χ4v) is 2.29. The van der Waals surface area contributed by atoms with E-state index in [1.807, 2.05) is 17.5 Å². The molecule has 1 aliphatic heterocycles. The smallest absolute Gasteiger partial charge is 0.203 e.